The van der Waals surface area contributed by atoms with Crippen molar-refractivity contribution >= 4 is 5.91 Å². The summed E-state index contributed by atoms with van der Waals surface area (Å²) in [4.78, 5) is 13.7. The zero-order valence-corrected chi connectivity index (χ0v) is 12.4. The second-order valence-corrected chi connectivity index (χ2v) is 5.35. The van der Waals surface area contributed by atoms with E-state index in [1.807, 2.05) is 25.9 Å². The molecule has 0 spiro atoms. The molecule has 0 aliphatic carbocycles. The van der Waals surface area contributed by atoms with Gasteiger partial charge in [0.2, 0.25) is 5.91 Å². The van der Waals surface area contributed by atoms with Crippen LogP contribution in [0.2, 0.25) is 0 Å². The largest absolute Gasteiger partial charge is 0.354 e. The average Bonchev–Trinajstić information content (AvgIpc) is 2.38. The number of carbonyl (C=O) groups is 1. The van der Waals surface area contributed by atoms with E-state index in [1.54, 1.807) is 12.1 Å². The minimum Gasteiger partial charge on any atom is -0.354 e. The van der Waals surface area contributed by atoms with Gasteiger partial charge in [-0.05, 0) is 45.1 Å². The first-order valence-corrected chi connectivity index (χ1v) is 6.84. The standard InChI is InChI=1S/C15H24FN3O/c1-11(17)4-9-15(20)18-10-14(19(2)3)12-5-7-13(16)8-6-12/h5-8,11,14H,4,9-10,17H2,1-3H3,(H,18,20). The van der Waals surface area contributed by atoms with Gasteiger partial charge in [-0.3, -0.25) is 4.79 Å². The van der Waals surface area contributed by atoms with E-state index in [0.29, 0.717) is 19.4 Å². The van der Waals surface area contributed by atoms with Crippen molar-refractivity contribution in [1.82, 2.24) is 10.2 Å². The number of carbonyl (C=O) groups excluding carboxylic acids is 1. The van der Waals surface area contributed by atoms with Crippen molar-refractivity contribution in [3.05, 3.63) is 35.6 Å². The highest BCUT2D eigenvalue weighted by molar-refractivity contribution is 5.75. The third-order valence-electron chi connectivity index (χ3n) is 3.20. The van der Waals surface area contributed by atoms with Crippen molar-refractivity contribution in [3.8, 4) is 0 Å². The summed E-state index contributed by atoms with van der Waals surface area (Å²) >= 11 is 0. The number of nitrogens with two attached hydrogens (primary N) is 1. The number of nitrogens with zero attached hydrogens (tertiary/aromatic N) is 1. The van der Waals surface area contributed by atoms with Crippen molar-refractivity contribution < 1.29 is 9.18 Å². The van der Waals surface area contributed by atoms with E-state index in [1.165, 1.54) is 12.1 Å². The number of benzene rings is 1. The van der Waals surface area contributed by atoms with Gasteiger partial charge in [-0.25, -0.2) is 4.39 Å². The Kier molecular flexibility index (Phi) is 6.61. The lowest BCUT2D eigenvalue weighted by molar-refractivity contribution is -0.121. The highest BCUT2D eigenvalue weighted by atomic mass is 19.1. The zero-order chi connectivity index (χ0) is 15.1. The van der Waals surface area contributed by atoms with Crippen LogP contribution in [-0.4, -0.2) is 37.5 Å². The lowest BCUT2D eigenvalue weighted by Gasteiger charge is -2.25. The van der Waals surface area contributed by atoms with Crippen LogP contribution < -0.4 is 11.1 Å². The first kappa shape index (κ1) is 16.6. The van der Waals surface area contributed by atoms with E-state index in [4.69, 9.17) is 5.73 Å². The molecule has 2 unspecified atom stereocenters. The molecule has 1 aromatic carbocycles. The van der Waals surface area contributed by atoms with E-state index >= 15 is 0 Å². The highest BCUT2D eigenvalue weighted by Gasteiger charge is 2.15. The Morgan fingerprint density at radius 2 is 1.95 bits per heavy atom. The first-order valence-electron chi connectivity index (χ1n) is 6.84. The number of halogens is 1. The quantitative estimate of drug-likeness (QED) is 0.799. The third-order valence-corrected chi connectivity index (χ3v) is 3.20. The molecule has 0 bridgehead atoms. The fourth-order valence-electron chi connectivity index (χ4n) is 1.94. The van der Waals surface area contributed by atoms with E-state index in [2.05, 4.69) is 5.32 Å². The van der Waals surface area contributed by atoms with Gasteiger partial charge in [0.15, 0.2) is 0 Å². The molecule has 112 valence electrons. The van der Waals surface area contributed by atoms with Gasteiger partial charge in [0, 0.05) is 19.0 Å². The minimum atomic E-state index is -0.257. The van der Waals surface area contributed by atoms with Crippen LogP contribution in [0.4, 0.5) is 4.39 Å². The minimum absolute atomic E-state index is 0.00346. The maximum atomic E-state index is 12.9. The van der Waals surface area contributed by atoms with Crippen molar-refractivity contribution in [1.29, 1.82) is 0 Å². The fourth-order valence-corrected chi connectivity index (χ4v) is 1.94. The molecule has 1 rings (SSSR count). The number of amides is 1. The van der Waals surface area contributed by atoms with Gasteiger partial charge in [0.25, 0.3) is 0 Å². The average molecular weight is 281 g/mol. The summed E-state index contributed by atoms with van der Waals surface area (Å²) in [5.74, 6) is -0.261. The lowest BCUT2D eigenvalue weighted by Crippen LogP contribution is -2.35. The van der Waals surface area contributed by atoms with Crippen molar-refractivity contribution in [2.45, 2.75) is 31.8 Å². The van der Waals surface area contributed by atoms with Crippen LogP contribution in [0.3, 0.4) is 0 Å². The van der Waals surface area contributed by atoms with Crippen LogP contribution in [0.15, 0.2) is 24.3 Å². The van der Waals surface area contributed by atoms with E-state index in [0.717, 1.165) is 5.56 Å². The number of rotatable bonds is 7. The zero-order valence-electron chi connectivity index (χ0n) is 12.4. The SMILES string of the molecule is CC(N)CCC(=O)NCC(c1ccc(F)cc1)N(C)C. The van der Waals surface area contributed by atoms with Crippen molar-refractivity contribution in [2.75, 3.05) is 20.6 Å². The van der Waals surface area contributed by atoms with E-state index in [-0.39, 0.29) is 23.8 Å². The van der Waals surface area contributed by atoms with Crippen LogP contribution in [-0.2, 0) is 4.79 Å². The number of likely N-dealkylation sites (N-methyl/N-ethyl adjacent to an activating group) is 1. The molecule has 0 aliphatic rings. The molecule has 0 fully saturated rings. The maximum Gasteiger partial charge on any atom is 0.220 e. The van der Waals surface area contributed by atoms with Gasteiger partial charge in [0.1, 0.15) is 5.82 Å². The summed E-state index contributed by atoms with van der Waals surface area (Å²) in [5.41, 5.74) is 6.60. The van der Waals surface area contributed by atoms with Crippen LogP contribution in [0.25, 0.3) is 0 Å². The molecule has 0 heterocycles. The summed E-state index contributed by atoms with van der Waals surface area (Å²) in [6.45, 7) is 2.38. The van der Waals surface area contributed by atoms with Gasteiger partial charge in [-0.1, -0.05) is 12.1 Å². The Labute approximate surface area is 120 Å². The van der Waals surface area contributed by atoms with Crippen LogP contribution in [0.1, 0.15) is 31.4 Å². The molecule has 0 aromatic heterocycles. The number of hydrogen-bond acceptors (Lipinski definition) is 3. The smallest absolute Gasteiger partial charge is 0.220 e. The topological polar surface area (TPSA) is 58.4 Å². The van der Waals surface area contributed by atoms with E-state index < -0.39 is 0 Å². The lowest BCUT2D eigenvalue weighted by atomic mass is 10.1. The second-order valence-electron chi connectivity index (χ2n) is 5.35. The molecule has 0 radical (unpaired) electrons. The summed E-state index contributed by atoms with van der Waals surface area (Å²) in [6.07, 6.45) is 1.11. The summed E-state index contributed by atoms with van der Waals surface area (Å²) in [6, 6.07) is 6.41. The second kappa shape index (κ2) is 7.97. The molecule has 20 heavy (non-hydrogen) atoms. The highest BCUT2D eigenvalue weighted by Crippen LogP contribution is 2.17. The molecule has 1 aromatic rings. The Morgan fingerprint density at radius 3 is 2.45 bits per heavy atom. The predicted molar refractivity (Wildman–Crippen MR) is 78.7 cm³/mol. The molecule has 4 nitrogen and oxygen atoms in total. The van der Waals surface area contributed by atoms with Crippen LogP contribution >= 0.6 is 0 Å². The van der Waals surface area contributed by atoms with E-state index in [9.17, 15) is 9.18 Å². The van der Waals surface area contributed by atoms with Crippen molar-refractivity contribution in [2.24, 2.45) is 5.73 Å². The molecule has 5 heteroatoms. The Hall–Kier alpha value is -1.46. The van der Waals surface area contributed by atoms with Gasteiger partial charge in [0.05, 0.1) is 6.04 Å². The Bertz CT molecular complexity index is 418. The van der Waals surface area contributed by atoms with Gasteiger partial charge in [-0.15, -0.1) is 0 Å². The summed E-state index contributed by atoms with van der Waals surface area (Å²) in [7, 11) is 3.87. The van der Waals surface area contributed by atoms with Crippen LogP contribution in [0, 0.1) is 5.82 Å². The third kappa shape index (κ3) is 5.67. The van der Waals surface area contributed by atoms with Gasteiger partial charge in [-0.2, -0.15) is 0 Å². The Morgan fingerprint density at radius 1 is 1.35 bits per heavy atom. The molecular weight excluding hydrogens is 257 g/mol. The summed E-state index contributed by atoms with van der Waals surface area (Å²) < 4.78 is 12.9. The van der Waals surface area contributed by atoms with Gasteiger partial charge >= 0.3 is 0 Å². The molecule has 1 amide bonds. The first-order chi connectivity index (χ1) is 9.40. The monoisotopic (exact) mass is 281 g/mol. The van der Waals surface area contributed by atoms with Crippen LogP contribution in [0.5, 0.6) is 0 Å². The molecule has 0 aliphatic heterocycles. The summed E-state index contributed by atoms with van der Waals surface area (Å²) in [5, 5.41) is 2.90. The predicted octanol–water partition coefficient (Wildman–Crippen LogP) is 1.67. The normalized spacial score (nSPS) is 14.1. The molecule has 2 atom stereocenters. The number of nitrogens with one attached hydrogen (secondary N) is 1. The molecule has 0 saturated heterocycles. The molecular formula is C15H24FN3O. The Balaban J connectivity index is 2.56. The maximum absolute atomic E-state index is 12.9. The molecule has 0 saturated carbocycles. The van der Waals surface area contributed by atoms with Gasteiger partial charge < -0.3 is 16.0 Å². The fraction of sp³-hybridized carbons (Fsp3) is 0.533. The number of hydrogen-bond donors (Lipinski definition) is 2. The molecule has 3 N–H and O–H groups in total. The van der Waals surface area contributed by atoms with Crippen molar-refractivity contribution in [3.63, 3.8) is 0 Å².